The summed E-state index contributed by atoms with van der Waals surface area (Å²) < 4.78 is 4.92. The molecule has 1 aromatic rings. The van der Waals surface area contributed by atoms with Crippen LogP contribution in [0.25, 0.3) is 0 Å². The molecule has 0 aliphatic rings. The van der Waals surface area contributed by atoms with Crippen LogP contribution in [0.4, 0.5) is 0 Å². The van der Waals surface area contributed by atoms with Crippen LogP contribution in [0.15, 0.2) is 18.3 Å². The van der Waals surface area contributed by atoms with Crippen molar-refractivity contribution in [1.29, 1.82) is 0 Å². The lowest BCUT2D eigenvalue weighted by molar-refractivity contribution is 0.397. The fourth-order valence-electron chi connectivity index (χ4n) is 0.896. The van der Waals surface area contributed by atoms with Crippen molar-refractivity contribution in [2.24, 2.45) is 0 Å². The predicted molar refractivity (Wildman–Crippen MR) is 47.9 cm³/mol. The monoisotopic (exact) mass is 161 g/mol. The summed E-state index contributed by atoms with van der Waals surface area (Å²) in [5.74, 6) is 3.22. The van der Waals surface area contributed by atoms with Gasteiger partial charge in [-0.2, -0.15) is 0 Å². The van der Waals surface area contributed by atoms with Gasteiger partial charge in [0.1, 0.15) is 0 Å². The second-order valence-electron chi connectivity index (χ2n) is 2.41. The molecule has 0 N–H and O–H groups in total. The molecular weight excluding hydrogens is 150 g/mol. The van der Waals surface area contributed by atoms with Crippen LogP contribution in [-0.2, 0) is 6.42 Å². The summed E-state index contributed by atoms with van der Waals surface area (Å²) >= 11 is 0. The van der Waals surface area contributed by atoms with Gasteiger partial charge in [-0.15, -0.1) is 12.3 Å². The maximum absolute atomic E-state index is 5.14. The number of pyridine rings is 1. The lowest BCUT2D eigenvalue weighted by atomic mass is 10.2. The molecule has 0 radical (unpaired) electrons. The van der Waals surface area contributed by atoms with E-state index in [0.29, 0.717) is 5.88 Å². The summed E-state index contributed by atoms with van der Waals surface area (Å²) in [6.45, 7) is 0. The van der Waals surface area contributed by atoms with Crippen molar-refractivity contribution in [1.82, 2.24) is 4.98 Å². The van der Waals surface area contributed by atoms with Crippen LogP contribution < -0.4 is 4.74 Å². The lowest BCUT2D eigenvalue weighted by Gasteiger charge is -1.99. The van der Waals surface area contributed by atoms with E-state index in [1.807, 2.05) is 12.1 Å². The molecule has 62 valence electrons. The summed E-state index contributed by atoms with van der Waals surface area (Å²) in [4.78, 5) is 4.06. The molecule has 1 aromatic heterocycles. The third kappa shape index (κ3) is 2.28. The van der Waals surface area contributed by atoms with Gasteiger partial charge in [-0.3, -0.25) is 0 Å². The van der Waals surface area contributed by atoms with Gasteiger partial charge in [-0.05, 0) is 12.0 Å². The first-order valence-corrected chi connectivity index (χ1v) is 3.79. The van der Waals surface area contributed by atoms with Crippen LogP contribution in [0.5, 0.6) is 5.88 Å². The van der Waals surface area contributed by atoms with E-state index >= 15 is 0 Å². The van der Waals surface area contributed by atoms with E-state index in [4.69, 9.17) is 11.2 Å². The predicted octanol–water partition coefficient (Wildman–Crippen LogP) is 1.66. The van der Waals surface area contributed by atoms with Gasteiger partial charge in [0.2, 0.25) is 5.88 Å². The number of aromatic nitrogens is 1. The van der Waals surface area contributed by atoms with Crippen molar-refractivity contribution >= 4 is 0 Å². The maximum atomic E-state index is 5.14. The highest BCUT2D eigenvalue weighted by Gasteiger charge is 1.93. The van der Waals surface area contributed by atoms with E-state index in [2.05, 4.69) is 10.9 Å². The smallest absolute Gasteiger partial charge is 0.212 e. The van der Waals surface area contributed by atoms with Gasteiger partial charge < -0.3 is 4.74 Å². The summed E-state index contributed by atoms with van der Waals surface area (Å²) in [7, 11) is 1.60. The molecule has 2 nitrogen and oxygen atoms in total. The van der Waals surface area contributed by atoms with Gasteiger partial charge in [0.05, 0.1) is 7.11 Å². The number of methoxy groups -OCH3 is 1. The highest BCUT2D eigenvalue weighted by Crippen LogP contribution is 2.07. The number of hydrogen-bond acceptors (Lipinski definition) is 2. The normalized spacial score (nSPS) is 9.00. The quantitative estimate of drug-likeness (QED) is 0.629. The largest absolute Gasteiger partial charge is 0.481 e. The SMILES string of the molecule is C#CCCc1ccc(OC)nc1. The van der Waals surface area contributed by atoms with Gasteiger partial charge in [-0.25, -0.2) is 4.98 Å². The summed E-state index contributed by atoms with van der Waals surface area (Å²) in [6.07, 6.45) is 8.57. The van der Waals surface area contributed by atoms with Gasteiger partial charge in [0.25, 0.3) is 0 Å². The summed E-state index contributed by atoms with van der Waals surface area (Å²) in [5, 5.41) is 0. The molecule has 0 saturated heterocycles. The van der Waals surface area contributed by atoms with Gasteiger partial charge in [0, 0.05) is 18.7 Å². The van der Waals surface area contributed by atoms with Crippen molar-refractivity contribution in [2.45, 2.75) is 12.8 Å². The molecule has 1 heterocycles. The summed E-state index contributed by atoms with van der Waals surface area (Å²) in [6, 6.07) is 3.81. The Morgan fingerprint density at radius 1 is 1.58 bits per heavy atom. The minimum absolute atomic E-state index is 0.638. The zero-order valence-corrected chi connectivity index (χ0v) is 7.08. The molecule has 0 aromatic carbocycles. The molecule has 0 fully saturated rings. The van der Waals surface area contributed by atoms with Crippen molar-refractivity contribution < 1.29 is 4.74 Å². The Morgan fingerprint density at radius 3 is 2.92 bits per heavy atom. The lowest BCUT2D eigenvalue weighted by Crippen LogP contribution is -1.89. The molecule has 1 rings (SSSR count). The van der Waals surface area contributed by atoms with E-state index in [9.17, 15) is 0 Å². The highest BCUT2D eigenvalue weighted by molar-refractivity contribution is 5.18. The number of terminal acetylenes is 1. The number of ether oxygens (including phenoxy) is 1. The van der Waals surface area contributed by atoms with Gasteiger partial charge in [-0.1, -0.05) is 6.07 Å². The van der Waals surface area contributed by atoms with E-state index < -0.39 is 0 Å². The van der Waals surface area contributed by atoms with Crippen molar-refractivity contribution in [3.63, 3.8) is 0 Å². The number of hydrogen-bond donors (Lipinski definition) is 0. The van der Waals surface area contributed by atoms with Crippen LogP contribution in [0.1, 0.15) is 12.0 Å². The molecule has 0 unspecified atom stereocenters. The topological polar surface area (TPSA) is 22.1 Å². The van der Waals surface area contributed by atoms with Crippen LogP contribution in [0.3, 0.4) is 0 Å². The molecule has 0 saturated carbocycles. The first-order chi connectivity index (χ1) is 5.86. The first kappa shape index (κ1) is 8.61. The first-order valence-electron chi connectivity index (χ1n) is 3.79. The Kier molecular flexibility index (Phi) is 3.16. The molecule has 0 aliphatic carbocycles. The van der Waals surface area contributed by atoms with Crippen LogP contribution >= 0.6 is 0 Å². The Morgan fingerprint density at radius 2 is 2.42 bits per heavy atom. The molecule has 0 bridgehead atoms. The Bertz CT molecular complexity index is 271. The number of rotatable bonds is 3. The average molecular weight is 161 g/mol. The Balaban J connectivity index is 2.60. The third-order valence-electron chi connectivity index (χ3n) is 1.56. The molecular formula is C10H11NO. The average Bonchev–Trinajstić information content (AvgIpc) is 2.15. The zero-order chi connectivity index (χ0) is 8.81. The molecule has 0 atom stereocenters. The van der Waals surface area contributed by atoms with E-state index in [-0.39, 0.29) is 0 Å². The van der Waals surface area contributed by atoms with Crippen LogP contribution in [-0.4, -0.2) is 12.1 Å². The Hall–Kier alpha value is -1.49. The van der Waals surface area contributed by atoms with E-state index in [1.165, 1.54) is 0 Å². The molecule has 2 heteroatoms. The zero-order valence-electron chi connectivity index (χ0n) is 7.08. The van der Waals surface area contributed by atoms with Crippen molar-refractivity contribution in [3.8, 4) is 18.2 Å². The second kappa shape index (κ2) is 4.40. The summed E-state index contributed by atoms with van der Waals surface area (Å²) in [5.41, 5.74) is 1.15. The highest BCUT2D eigenvalue weighted by atomic mass is 16.5. The molecule has 12 heavy (non-hydrogen) atoms. The molecule has 0 spiro atoms. The van der Waals surface area contributed by atoms with Crippen LogP contribution in [0, 0.1) is 12.3 Å². The minimum Gasteiger partial charge on any atom is -0.481 e. The minimum atomic E-state index is 0.638. The second-order valence-corrected chi connectivity index (χ2v) is 2.41. The molecule has 0 amide bonds. The maximum Gasteiger partial charge on any atom is 0.212 e. The van der Waals surface area contributed by atoms with E-state index in [1.54, 1.807) is 13.3 Å². The standard InChI is InChI=1S/C10H11NO/c1-3-4-5-9-6-7-10(12-2)11-8-9/h1,6-8H,4-5H2,2H3. The fraction of sp³-hybridized carbons (Fsp3) is 0.300. The Labute approximate surface area is 72.6 Å². The van der Waals surface area contributed by atoms with E-state index in [0.717, 1.165) is 18.4 Å². The van der Waals surface area contributed by atoms with Crippen molar-refractivity contribution in [2.75, 3.05) is 7.11 Å². The third-order valence-corrected chi connectivity index (χ3v) is 1.56. The number of nitrogens with zero attached hydrogens (tertiary/aromatic N) is 1. The van der Waals surface area contributed by atoms with Gasteiger partial charge >= 0.3 is 0 Å². The number of aryl methyl sites for hydroxylation is 1. The van der Waals surface area contributed by atoms with Gasteiger partial charge in [0.15, 0.2) is 0 Å². The molecule has 0 aliphatic heterocycles. The fourth-order valence-corrected chi connectivity index (χ4v) is 0.896. The van der Waals surface area contributed by atoms with Crippen LogP contribution in [0.2, 0.25) is 0 Å². The van der Waals surface area contributed by atoms with Crippen molar-refractivity contribution in [3.05, 3.63) is 23.9 Å².